The Kier molecular flexibility index (Phi) is 1.28. The van der Waals surface area contributed by atoms with Crippen LogP contribution in [0.5, 0.6) is 0 Å². The molecule has 0 aliphatic carbocycles. The zero-order valence-corrected chi connectivity index (χ0v) is 5.00. The van der Waals surface area contributed by atoms with E-state index >= 15 is 0 Å². The maximum Gasteiger partial charge on any atom is 0.109 e. The second-order valence-corrected chi connectivity index (χ2v) is 1.90. The molecule has 1 rings (SSSR count). The molecule has 8 heavy (non-hydrogen) atoms. The molecule has 1 aromatic heterocycles. The number of hydrogen-bond donors (Lipinski definition) is 0. The third kappa shape index (κ3) is 0.857. The molecule has 3 heteroatoms. The van der Waals surface area contributed by atoms with Gasteiger partial charge in [0.15, 0.2) is 0 Å². The second kappa shape index (κ2) is 1.94. The van der Waals surface area contributed by atoms with Gasteiger partial charge in [-0.3, -0.25) is 0 Å². The third-order valence-corrected chi connectivity index (χ3v) is 0.885. The van der Waals surface area contributed by atoms with Gasteiger partial charge in [0, 0.05) is 6.04 Å². The van der Waals surface area contributed by atoms with E-state index in [0.717, 1.165) is 0 Å². The first-order valence-corrected chi connectivity index (χ1v) is 2.58. The molecule has 0 saturated carbocycles. The van der Waals surface area contributed by atoms with Crippen LogP contribution in [0.1, 0.15) is 19.9 Å². The van der Waals surface area contributed by atoms with Crippen LogP contribution in [0.15, 0.2) is 6.20 Å². The van der Waals surface area contributed by atoms with Crippen LogP contribution < -0.4 is 0 Å². The fourth-order valence-corrected chi connectivity index (χ4v) is 0.445. The van der Waals surface area contributed by atoms with Crippen LogP contribution in [0.3, 0.4) is 0 Å². The Bertz CT molecular complexity index is 143. The van der Waals surface area contributed by atoms with E-state index in [4.69, 9.17) is 0 Å². The topological polar surface area (TPSA) is 30.7 Å². The monoisotopic (exact) mass is 110 g/mol. The lowest BCUT2D eigenvalue weighted by Crippen LogP contribution is -2.00. The van der Waals surface area contributed by atoms with Crippen LogP contribution in [0, 0.1) is 6.20 Å². The highest BCUT2D eigenvalue weighted by molar-refractivity contribution is 4.63. The highest BCUT2D eigenvalue weighted by Gasteiger charge is 1.93. The molecule has 0 aliphatic heterocycles. The fraction of sp³-hybridized carbons (Fsp3) is 0.600. The van der Waals surface area contributed by atoms with Crippen LogP contribution in [0.25, 0.3) is 0 Å². The molecule has 1 heterocycles. The van der Waals surface area contributed by atoms with Gasteiger partial charge >= 0.3 is 0 Å². The van der Waals surface area contributed by atoms with Crippen molar-refractivity contribution in [3.8, 4) is 0 Å². The van der Waals surface area contributed by atoms with E-state index in [1.54, 1.807) is 10.9 Å². The minimum Gasteiger partial charge on any atom is -0.241 e. The van der Waals surface area contributed by atoms with Crippen LogP contribution in [-0.2, 0) is 0 Å². The van der Waals surface area contributed by atoms with Gasteiger partial charge < -0.3 is 0 Å². The van der Waals surface area contributed by atoms with E-state index in [2.05, 4.69) is 16.5 Å². The Morgan fingerprint density at radius 3 is 2.62 bits per heavy atom. The van der Waals surface area contributed by atoms with Crippen molar-refractivity contribution in [1.29, 1.82) is 0 Å². The van der Waals surface area contributed by atoms with Crippen molar-refractivity contribution >= 4 is 0 Å². The molecular weight excluding hydrogens is 102 g/mol. The third-order valence-electron chi connectivity index (χ3n) is 0.885. The summed E-state index contributed by atoms with van der Waals surface area (Å²) in [4.78, 5) is 0. The SMILES string of the molecule is CC(C)n1[c]cnn1. The fourth-order valence-electron chi connectivity index (χ4n) is 0.445. The van der Waals surface area contributed by atoms with Crippen molar-refractivity contribution in [1.82, 2.24) is 15.0 Å². The van der Waals surface area contributed by atoms with Gasteiger partial charge in [-0.05, 0) is 13.8 Å². The zero-order chi connectivity index (χ0) is 5.98. The van der Waals surface area contributed by atoms with Crippen molar-refractivity contribution in [3.05, 3.63) is 12.4 Å². The summed E-state index contributed by atoms with van der Waals surface area (Å²) in [5.41, 5.74) is 0. The van der Waals surface area contributed by atoms with Crippen molar-refractivity contribution in [3.63, 3.8) is 0 Å². The maximum absolute atomic E-state index is 3.73. The van der Waals surface area contributed by atoms with Gasteiger partial charge in [-0.1, -0.05) is 5.21 Å². The molecular formula is C5H8N3. The van der Waals surface area contributed by atoms with E-state index in [1.807, 2.05) is 13.8 Å². The summed E-state index contributed by atoms with van der Waals surface area (Å²) in [6.07, 6.45) is 4.39. The molecule has 43 valence electrons. The van der Waals surface area contributed by atoms with E-state index in [1.165, 1.54) is 0 Å². The predicted octanol–water partition coefficient (Wildman–Crippen LogP) is 0.659. The number of aromatic nitrogens is 3. The van der Waals surface area contributed by atoms with Gasteiger partial charge in [0.25, 0.3) is 0 Å². The molecule has 0 fully saturated rings. The molecule has 1 aromatic rings. The lowest BCUT2D eigenvalue weighted by atomic mass is 10.4. The lowest BCUT2D eigenvalue weighted by Gasteiger charge is -1.99. The van der Waals surface area contributed by atoms with Gasteiger partial charge in [0.2, 0.25) is 0 Å². The molecule has 0 aromatic carbocycles. The van der Waals surface area contributed by atoms with E-state index in [-0.39, 0.29) is 0 Å². The van der Waals surface area contributed by atoms with Crippen molar-refractivity contribution in [2.75, 3.05) is 0 Å². The van der Waals surface area contributed by atoms with E-state index in [0.29, 0.717) is 6.04 Å². The van der Waals surface area contributed by atoms with E-state index in [9.17, 15) is 0 Å². The summed E-state index contributed by atoms with van der Waals surface area (Å²) < 4.78 is 1.68. The van der Waals surface area contributed by atoms with Crippen molar-refractivity contribution in [2.45, 2.75) is 19.9 Å². The minimum absolute atomic E-state index is 0.373. The van der Waals surface area contributed by atoms with E-state index < -0.39 is 0 Å². The molecule has 0 saturated heterocycles. The van der Waals surface area contributed by atoms with Crippen LogP contribution in [-0.4, -0.2) is 15.0 Å². The Morgan fingerprint density at radius 2 is 2.38 bits per heavy atom. The maximum atomic E-state index is 3.73. The average Bonchev–Trinajstić information content (AvgIpc) is 2.12. The molecule has 3 nitrogen and oxygen atoms in total. The van der Waals surface area contributed by atoms with Gasteiger partial charge in [0.1, 0.15) is 6.20 Å². The van der Waals surface area contributed by atoms with Crippen LogP contribution >= 0.6 is 0 Å². The summed E-state index contributed by atoms with van der Waals surface area (Å²) in [5, 5.41) is 7.33. The van der Waals surface area contributed by atoms with Crippen molar-refractivity contribution in [2.24, 2.45) is 0 Å². The number of nitrogens with zero attached hydrogens (tertiary/aromatic N) is 3. The Hall–Kier alpha value is -0.860. The highest BCUT2D eigenvalue weighted by Crippen LogP contribution is 1.96. The summed E-state index contributed by atoms with van der Waals surface area (Å²) in [6, 6.07) is 0.373. The largest absolute Gasteiger partial charge is 0.241 e. The minimum atomic E-state index is 0.373. The summed E-state index contributed by atoms with van der Waals surface area (Å²) in [6.45, 7) is 4.07. The first-order chi connectivity index (χ1) is 3.80. The normalized spacial score (nSPS) is 10.4. The average molecular weight is 110 g/mol. The molecule has 0 bridgehead atoms. The highest BCUT2D eigenvalue weighted by atomic mass is 15.4. The lowest BCUT2D eigenvalue weighted by molar-refractivity contribution is 0.511. The zero-order valence-electron chi connectivity index (χ0n) is 5.00. The first-order valence-electron chi connectivity index (χ1n) is 2.58. The Labute approximate surface area is 48.3 Å². The molecule has 0 atom stereocenters. The van der Waals surface area contributed by atoms with Crippen molar-refractivity contribution < 1.29 is 0 Å². The Morgan fingerprint density at radius 1 is 1.62 bits per heavy atom. The van der Waals surface area contributed by atoms with Crippen LogP contribution in [0.4, 0.5) is 0 Å². The van der Waals surface area contributed by atoms with Gasteiger partial charge in [-0.15, -0.1) is 5.10 Å². The van der Waals surface area contributed by atoms with Gasteiger partial charge in [-0.2, -0.15) is 0 Å². The molecule has 0 aliphatic rings. The summed E-state index contributed by atoms with van der Waals surface area (Å²) in [5.74, 6) is 0. The standard InChI is InChI=1S/C5H8N3/c1-5(2)8-4-3-6-7-8/h3,5H,1-2H3. The van der Waals surface area contributed by atoms with Gasteiger partial charge in [-0.25, -0.2) is 4.68 Å². The predicted molar refractivity (Wildman–Crippen MR) is 29.2 cm³/mol. The molecule has 0 unspecified atom stereocenters. The quantitative estimate of drug-likeness (QED) is 0.531. The summed E-state index contributed by atoms with van der Waals surface area (Å²) >= 11 is 0. The molecule has 0 amide bonds. The molecule has 0 N–H and O–H groups in total. The summed E-state index contributed by atoms with van der Waals surface area (Å²) in [7, 11) is 0. The van der Waals surface area contributed by atoms with Gasteiger partial charge in [0.05, 0.1) is 6.20 Å². The molecule has 1 radical (unpaired) electrons. The smallest absolute Gasteiger partial charge is 0.109 e. The molecule has 0 spiro atoms. The van der Waals surface area contributed by atoms with Crippen LogP contribution in [0.2, 0.25) is 0 Å². The first kappa shape index (κ1) is 5.28. The number of hydrogen-bond acceptors (Lipinski definition) is 2. The number of rotatable bonds is 1. The second-order valence-electron chi connectivity index (χ2n) is 1.90. The Balaban J connectivity index is 2.77.